The molecule has 0 radical (unpaired) electrons. The number of halogens is 1. The number of nitrogens with zero attached hydrogens (tertiary/aromatic N) is 1. The summed E-state index contributed by atoms with van der Waals surface area (Å²) in [4.78, 5) is 3.41. The Morgan fingerprint density at radius 2 is 2.00 bits per heavy atom. The van der Waals surface area contributed by atoms with Crippen LogP contribution in [-0.4, -0.2) is 32.9 Å². The SMILES string of the molecule is CS(=O)(=O)c1cc(C2CCOCC2)cc(F)n1. The average Bonchev–Trinajstić information content (AvgIpc) is 2.28. The monoisotopic (exact) mass is 259 g/mol. The molecule has 2 rings (SSSR count). The zero-order chi connectivity index (χ0) is 12.5. The molecule has 0 atom stereocenters. The van der Waals surface area contributed by atoms with Crippen LogP contribution in [0, 0.1) is 5.95 Å². The van der Waals surface area contributed by atoms with Gasteiger partial charge in [0.2, 0.25) is 5.95 Å². The summed E-state index contributed by atoms with van der Waals surface area (Å²) in [5, 5.41) is -0.195. The van der Waals surface area contributed by atoms with Crippen LogP contribution in [0.15, 0.2) is 17.2 Å². The number of rotatable bonds is 2. The average molecular weight is 259 g/mol. The van der Waals surface area contributed by atoms with Gasteiger partial charge in [0.05, 0.1) is 0 Å². The van der Waals surface area contributed by atoms with Gasteiger partial charge in [0.15, 0.2) is 14.9 Å². The minimum atomic E-state index is -3.47. The van der Waals surface area contributed by atoms with E-state index in [2.05, 4.69) is 4.98 Å². The molecule has 0 aliphatic carbocycles. The molecule has 0 aromatic carbocycles. The lowest BCUT2D eigenvalue weighted by molar-refractivity contribution is 0.0852. The minimum Gasteiger partial charge on any atom is -0.381 e. The predicted octanol–water partition coefficient (Wildman–Crippen LogP) is 1.52. The first-order chi connectivity index (χ1) is 7.97. The van der Waals surface area contributed by atoms with E-state index in [0.29, 0.717) is 18.8 Å². The second kappa shape index (κ2) is 4.70. The largest absolute Gasteiger partial charge is 0.381 e. The van der Waals surface area contributed by atoms with Crippen molar-refractivity contribution < 1.29 is 17.5 Å². The topological polar surface area (TPSA) is 56.3 Å². The Hall–Kier alpha value is -1.01. The van der Waals surface area contributed by atoms with E-state index in [-0.39, 0.29) is 10.9 Å². The Balaban J connectivity index is 2.37. The molecule has 0 saturated carbocycles. The van der Waals surface area contributed by atoms with Crippen LogP contribution >= 0.6 is 0 Å². The molecule has 0 bridgehead atoms. The molecule has 17 heavy (non-hydrogen) atoms. The molecule has 6 heteroatoms. The third-order valence-electron chi connectivity index (χ3n) is 2.87. The summed E-state index contributed by atoms with van der Waals surface area (Å²) >= 11 is 0. The lowest BCUT2D eigenvalue weighted by Gasteiger charge is -2.22. The van der Waals surface area contributed by atoms with E-state index < -0.39 is 15.8 Å². The molecule has 0 N–H and O–H groups in total. The van der Waals surface area contributed by atoms with Gasteiger partial charge in [-0.1, -0.05) is 0 Å². The molecule has 1 aromatic rings. The van der Waals surface area contributed by atoms with Crippen molar-refractivity contribution in [3.05, 3.63) is 23.6 Å². The lowest BCUT2D eigenvalue weighted by Crippen LogP contribution is -2.15. The molecule has 2 heterocycles. The van der Waals surface area contributed by atoms with Crippen LogP contribution in [0.5, 0.6) is 0 Å². The molecule has 0 spiro atoms. The Bertz CT molecular complexity index is 509. The molecule has 1 aliphatic heterocycles. The normalized spacial score (nSPS) is 18.2. The summed E-state index contributed by atoms with van der Waals surface area (Å²) in [6.07, 6.45) is 2.60. The van der Waals surface area contributed by atoms with E-state index in [0.717, 1.165) is 19.1 Å². The van der Waals surface area contributed by atoms with Gasteiger partial charge in [0.25, 0.3) is 0 Å². The first-order valence-corrected chi connectivity index (χ1v) is 7.31. The van der Waals surface area contributed by atoms with Gasteiger partial charge in [-0.2, -0.15) is 4.39 Å². The number of ether oxygens (including phenoxy) is 1. The van der Waals surface area contributed by atoms with Gasteiger partial charge in [-0.15, -0.1) is 0 Å². The molecule has 4 nitrogen and oxygen atoms in total. The highest BCUT2D eigenvalue weighted by Crippen LogP contribution is 2.28. The van der Waals surface area contributed by atoms with E-state index in [1.807, 2.05) is 0 Å². The molecule has 0 unspecified atom stereocenters. The van der Waals surface area contributed by atoms with Gasteiger partial charge in [0.1, 0.15) is 0 Å². The molecular formula is C11H14FNO3S. The second-order valence-corrected chi connectivity index (χ2v) is 6.18. The van der Waals surface area contributed by atoms with Crippen molar-refractivity contribution >= 4 is 9.84 Å². The molecule has 1 aliphatic rings. The van der Waals surface area contributed by atoms with Crippen molar-refractivity contribution in [3.63, 3.8) is 0 Å². The van der Waals surface area contributed by atoms with Gasteiger partial charge in [-0.3, -0.25) is 0 Å². The van der Waals surface area contributed by atoms with Crippen LogP contribution in [0.2, 0.25) is 0 Å². The van der Waals surface area contributed by atoms with E-state index >= 15 is 0 Å². The number of sulfone groups is 1. The highest BCUT2D eigenvalue weighted by molar-refractivity contribution is 7.90. The Morgan fingerprint density at radius 1 is 1.35 bits per heavy atom. The molecular weight excluding hydrogens is 245 g/mol. The smallest absolute Gasteiger partial charge is 0.214 e. The third kappa shape index (κ3) is 3.01. The van der Waals surface area contributed by atoms with Crippen LogP contribution in [0.1, 0.15) is 24.3 Å². The lowest BCUT2D eigenvalue weighted by atomic mass is 9.92. The Kier molecular flexibility index (Phi) is 3.44. The maximum absolute atomic E-state index is 13.3. The van der Waals surface area contributed by atoms with Crippen molar-refractivity contribution in [2.45, 2.75) is 23.8 Å². The maximum Gasteiger partial charge on any atom is 0.214 e. The van der Waals surface area contributed by atoms with Gasteiger partial charge in [-0.25, -0.2) is 13.4 Å². The molecule has 94 valence electrons. The van der Waals surface area contributed by atoms with Crippen molar-refractivity contribution in [1.82, 2.24) is 4.98 Å². The highest BCUT2D eigenvalue weighted by atomic mass is 32.2. The van der Waals surface area contributed by atoms with Gasteiger partial charge >= 0.3 is 0 Å². The maximum atomic E-state index is 13.3. The van der Waals surface area contributed by atoms with E-state index in [9.17, 15) is 12.8 Å². The first-order valence-electron chi connectivity index (χ1n) is 5.42. The van der Waals surface area contributed by atoms with Crippen LogP contribution in [-0.2, 0) is 14.6 Å². The fourth-order valence-electron chi connectivity index (χ4n) is 1.95. The molecule has 1 aromatic heterocycles. The standard InChI is InChI=1S/C11H14FNO3S/c1-17(14,15)11-7-9(6-10(12)13-11)8-2-4-16-5-3-8/h6-8H,2-5H2,1H3. The number of pyridine rings is 1. The minimum absolute atomic E-state index is 0.154. The molecule has 0 amide bonds. The van der Waals surface area contributed by atoms with Crippen molar-refractivity contribution in [2.24, 2.45) is 0 Å². The number of hydrogen-bond donors (Lipinski definition) is 0. The predicted molar refractivity (Wildman–Crippen MR) is 60.1 cm³/mol. The zero-order valence-corrected chi connectivity index (χ0v) is 10.3. The van der Waals surface area contributed by atoms with Crippen molar-refractivity contribution in [3.8, 4) is 0 Å². The van der Waals surface area contributed by atoms with E-state index in [1.54, 1.807) is 0 Å². The zero-order valence-electron chi connectivity index (χ0n) is 9.52. The third-order valence-corrected chi connectivity index (χ3v) is 3.83. The number of hydrogen-bond acceptors (Lipinski definition) is 4. The van der Waals surface area contributed by atoms with E-state index in [4.69, 9.17) is 4.74 Å². The van der Waals surface area contributed by atoms with Crippen LogP contribution in [0.25, 0.3) is 0 Å². The highest BCUT2D eigenvalue weighted by Gasteiger charge is 2.20. The summed E-state index contributed by atoms with van der Waals surface area (Å²) < 4.78 is 41.3. The summed E-state index contributed by atoms with van der Waals surface area (Å²) in [7, 11) is -3.47. The summed E-state index contributed by atoms with van der Waals surface area (Å²) in [6.45, 7) is 1.26. The van der Waals surface area contributed by atoms with Gasteiger partial charge < -0.3 is 4.74 Å². The quantitative estimate of drug-likeness (QED) is 0.756. The van der Waals surface area contributed by atoms with Crippen LogP contribution < -0.4 is 0 Å². The summed E-state index contributed by atoms with van der Waals surface area (Å²) in [6, 6.07) is 2.78. The molecule has 1 saturated heterocycles. The Labute approximate surface area is 99.7 Å². The fourth-order valence-corrected chi connectivity index (χ4v) is 2.55. The first kappa shape index (κ1) is 12.4. The summed E-state index contributed by atoms with van der Waals surface area (Å²) in [5.74, 6) is -0.587. The number of aromatic nitrogens is 1. The fraction of sp³-hybridized carbons (Fsp3) is 0.545. The van der Waals surface area contributed by atoms with Crippen LogP contribution in [0.4, 0.5) is 4.39 Å². The van der Waals surface area contributed by atoms with Crippen molar-refractivity contribution in [2.75, 3.05) is 19.5 Å². The molecule has 1 fully saturated rings. The van der Waals surface area contributed by atoms with E-state index in [1.165, 1.54) is 12.1 Å². The Morgan fingerprint density at radius 3 is 2.59 bits per heavy atom. The van der Waals surface area contributed by atoms with Gasteiger partial charge in [0, 0.05) is 19.5 Å². The van der Waals surface area contributed by atoms with Gasteiger partial charge in [-0.05, 0) is 36.5 Å². The second-order valence-electron chi connectivity index (χ2n) is 4.22. The van der Waals surface area contributed by atoms with Crippen LogP contribution in [0.3, 0.4) is 0 Å². The van der Waals surface area contributed by atoms with Crippen molar-refractivity contribution in [1.29, 1.82) is 0 Å². The summed E-state index contributed by atoms with van der Waals surface area (Å²) in [5.41, 5.74) is 0.696.